The van der Waals surface area contributed by atoms with E-state index in [0.29, 0.717) is 0 Å². The van der Waals surface area contributed by atoms with Gasteiger partial charge in [0.1, 0.15) is 5.82 Å². The Morgan fingerprint density at radius 1 is 1.05 bits per heavy atom. The maximum Gasteiger partial charge on any atom is 0.123 e. The largest absolute Gasteiger partial charge is 0.394 e. The molecular formula is C16H18FNO. The molecule has 0 aromatic heterocycles. The summed E-state index contributed by atoms with van der Waals surface area (Å²) >= 11 is 0. The van der Waals surface area contributed by atoms with Crippen LogP contribution in [0.3, 0.4) is 0 Å². The van der Waals surface area contributed by atoms with Gasteiger partial charge in [-0.3, -0.25) is 0 Å². The lowest BCUT2D eigenvalue weighted by atomic mass is 10.0. The first-order chi connectivity index (χ1) is 9.10. The van der Waals surface area contributed by atoms with E-state index in [1.807, 2.05) is 19.1 Å². The van der Waals surface area contributed by atoms with Crippen molar-refractivity contribution in [3.8, 4) is 0 Å². The molecule has 0 aliphatic carbocycles. The van der Waals surface area contributed by atoms with Gasteiger partial charge in [0.2, 0.25) is 0 Å². The topological polar surface area (TPSA) is 32.3 Å². The zero-order valence-electron chi connectivity index (χ0n) is 11.2. The average Bonchev–Trinajstić information content (AvgIpc) is 2.41. The van der Waals surface area contributed by atoms with Crippen LogP contribution in [0.2, 0.25) is 0 Å². The van der Waals surface area contributed by atoms with E-state index in [0.717, 1.165) is 11.3 Å². The first-order valence-corrected chi connectivity index (χ1v) is 6.30. The zero-order chi connectivity index (χ0) is 13.8. The molecule has 1 atom stereocenters. The third-order valence-corrected chi connectivity index (χ3v) is 3.30. The van der Waals surface area contributed by atoms with Crippen LogP contribution in [-0.2, 0) is 0 Å². The van der Waals surface area contributed by atoms with Crippen LogP contribution in [0.25, 0.3) is 0 Å². The molecule has 2 aromatic carbocycles. The van der Waals surface area contributed by atoms with Gasteiger partial charge in [0.15, 0.2) is 0 Å². The van der Waals surface area contributed by atoms with Gasteiger partial charge < -0.3 is 10.4 Å². The number of anilines is 1. The smallest absolute Gasteiger partial charge is 0.123 e. The van der Waals surface area contributed by atoms with Crippen LogP contribution >= 0.6 is 0 Å². The lowest BCUT2D eigenvalue weighted by Gasteiger charge is -2.19. The van der Waals surface area contributed by atoms with Gasteiger partial charge in [0, 0.05) is 5.69 Å². The van der Waals surface area contributed by atoms with E-state index in [9.17, 15) is 9.50 Å². The number of hydrogen-bond acceptors (Lipinski definition) is 2. The monoisotopic (exact) mass is 259 g/mol. The van der Waals surface area contributed by atoms with Crippen LogP contribution in [-0.4, -0.2) is 11.7 Å². The molecule has 2 N–H and O–H groups in total. The summed E-state index contributed by atoms with van der Waals surface area (Å²) in [5.74, 6) is -0.266. The van der Waals surface area contributed by atoms with Gasteiger partial charge in [0.25, 0.3) is 0 Å². The average molecular weight is 259 g/mol. The van der Waals surface area contributed by atoms with Crippen molar-refractivity contribution in [3.05, 3.63) is 65.0 Å². The van der Waals surface area contributed by atoms with Crippen LogP contribution in [0.1, 0.15) is 22.7 Å². The minimum absolute atomic E-state index is 0.0140. The fraction of sp³-hybridized carbons (Fsp3) is 0.250. The summed E-state index contributed by atoms with van der Waals surface area (Å²) in [7, 11) is 0. The molecule has 0 bridgehead atoms. The quantitative estimate of drug-likeness (QED) is 0.879. The first-order valence-electron chi connectivity index (χ1n) is 6.30. The van der Waals surface area contributed by atoms with E-state index in [4.69, 9.17) is 0 Å². The normalized spacial score (nSPS) is 12.2. The Labute approximate surface area is 112 Å². The SMILES string of the molecule is Cc1ccc(C(CO)Nc2ccc(F)cc2)cc1C. The molecule has 0 aliphatic rings. The summed E-state index contributed by atoms with van der Waals surface area (Å²) in [6.07, 6.45) is 0. The van der Waals surface area contributed by atoms with E-state index in [2.05, 4.69) is 18.3 Å². The summed E-state index contributed by atoms with van der Waals surface area (Å²) in [6.45, 7) is 4.09. The molecule has 0 saturated carbocycles. The third-order valence-electron chi connectivity index (χ3n) is 3.30. The third kappa shape index (κ3) is 3.32. The minimum Gasteiger partial charge on any atom is -0.394 e. The predicted octanol–water partition coefficient (Wildman–Crippen LogP) is 3.59. The molecule has 1 unspecified atom stereocenters. The molecule has 19 heavy (non-hydrogen) atoms. The fourth-order valence-corrected chi connectivity index (χ4v) is 1.96. The van der Waals surface area contributed by atoms with Crippen molar-refractivity contribution in [1.82, 2.24) is 0 Å². The molecule has 0 spiro atoms. The summed E-state index contributed by atoms with van der Waals surface area (Å²) in [6, 6.07) is 12.0. The zero-order valence-corrected chi connectivity index (χ0v) is 11.2. The first kappa shape index (κ1) is 13.6. The van der Waals surface area contributed by atoms with Gasteiger partial charge in [0.05, 0.1) is 12.6 Å². The molecule has 0 radical (unpaired) electrons. The van der Waals surface area contributed by atoms with Crippen LogP contribution in [0.4, 0.5) is 10.1 Å². The highest BCUT2D eigenvalue weighted by Gasteiger charge is 2.11. The summed E-state index contributed by atoms with van der Waals surface area (Å²) < 4.78 is 12.8. The van der Waals surface area contributed by atoms with Crippen LogP contribution in [0.5, 0.6) is 0 Å². The Morgan fingerprint density at radius 3 is 2.32 bits per heavy atom. The van der Waals surface area contributed by atoms with Crippen molar-refractivity contribution in [3.63, 3.8) is 0 Å². The number of nitrogens with one attached hydrogen (secondary N) is 1. The molecule has 0 amide bonds. The van der Waals surface area contributed by atoms with Crippen LogP contribution in [0.15, 0.2) is 42.5 Å². The Kier molecular flexibility index (Phi) is 4.17. The Bertz CT molecular complexity index is 551. The molecule has 2 rings (SSSR count). The molecule has 2 aromatic rings. The number of halogens is 1. The maximum atomic E-state index is 12.8. The van der Waals surface area contributed by atoms with E-state index < -0.39 is 0 Å². The minimum atomic E-state index is -0.266. The van der Waals surface area contributed by atoms with Crippen molar-refractivity contribution in [2.45, 2.75) is 19.9 Å². The van der Waals surface area contributed by atoms with Gasteiger partial charge in [-0.25, -0.2) is 4.39 Å². The summed E-state index contributed by atoms with van der Waals surface area (Å²) in [5, 5.41) is 12.7. The molecule has 0 heterocycles. The highest BCUT2D eigenvalue weighted by atomic mass is 19.1. The van der Waals surface area contributed by atoms with E-state index in [1.165, 1.54) is 23.3 Å². The Balaban J connectivity index is 2.19. The number of aliphatic hydroxyl groups is 1. The number of aryl methyl sites for hydroxylation is 2. The second kappa shape index (κ2) is 5.85. The van der Waals surface area contributed by atoms with Crippen LogP contribution < -0.4 is 5.32 Å². The van der Waals surface area contributed by atoms with E-state index >= 15 is 0 Å². The predicted molar refractivity (Wildman–Crippen MR) is 75.8 cm³/mol. The summed E-state index contributed by atoms with van der Waals surface area (Å²) in [5.41, 5.74) is 4.23. The van der Waals surface area contributed by atoms with Crippen molar-refractivity contribution in [2.24, 2.45) is 0 Å². The molecule has 100 valence electrons. The Hall–Kier alpha value is -1.87. The lowest BCUT2D eigenvalue weighted by molar-refractivity contribution is 0.276. The van der Waals surface area contributed by atoms with Crippen molar-refractivity contribution in [2.75, 3.05) is 11.9 Å². The Morgan fingerprint density at radius 2 is 1.74 bits per heavy atom. The highest BCUT2D eigenvalue weighted by molar-refractivity contribution is 5.46. The van der Waals surface area contributed by atoms with E-state index in [1.54, 1.807) is 12.1 Å². The van der Waals surface area contributed by atoms with Gasteiger partial charge in [-0.1, -0.05) is 18.2 Å². The molecule has 0 fully saturated rings. The van der Waals surface area contributed by atoms with Gasteiger partial charge in [-0.2, -0.15) is 0 Å². The van der Waals surface area contributed by atoms with Crippen molar-refractivity contribution < 1.29 is 9.50 Å². The standard InChI is InChI=1S/C16H18FNO/c1-11-3-4-13(9-12(11)2)16(10-19)18-15-7-5-14(17)6-8-15/h3-9,16,18-19H,10H2,1-2H3. The number of hydrogen-bond donors (Lipinski definition) is 2. The van der Waals surface area contributed by atoms with Gasteiger partial charge in [-0.15, -0.1) is 0 Å². The number of rotatable bonds is 4. The second-order valence-electron chi connectivity index (χ2n) is 4.73. The molecule has 0 saturated heterocycles. The van der Waals surface area contributed by atoms with Gasteiger partial charge in [-0.05, 0) is 54.8 Å². The second-order valence-corrected chi connectivity index (χ2v) is 4.73. The number of benzene rings is 2. The lowest BCUT2D eigenvalue weighted by Crippen LogP contribution is -2.15. The van der Waals surface area contributed by atoms with Gasteiger partial charge >= 0.3 is 0 Å². The van der Waals surface area contributed by atoms with Crippen molar-refractivity contribution >= 4 is 5.69 Å². The fourth-order valence-electron chi connectivity index (χ4n) is 1.96. The van der Waals surface area contributed by atoms with Crippen LogP contribution in [0, 0.1) is 19.7 Å². The highest BCUT2D eigenvalue weighted by Crippen LogP contribution is 2.21. The molecular weight excluding hydrogens is 241 g/mol. The van der Waals surface area contributed by atoms with Crippen molar-refractivity contribution in [1.29, 1.82) is 0 Å². The summed E-state index contributed by atoms with van der Waals surface area (Å²) in [4.78, 5) is 0. The molecule has 2 nitrogen and oxygen atoms in total. The maximum absolute atomic E-state index is 12.8. The molecule has 3 heteroatoms. The van der Waals surface area contributed by atoms with E-state index in [-0.39, 0.29) is 18.5 Å². The number of aliphatic hydroxyl groups excluding tert-OH is 1. The molecule has 0 aliphatic heterocycles.